The fraction of sp³-hybridized carbons (Fsp3) is 0.333. The summed E-state index contributed by atoms with van der Waals surface area (Å²) in [5.41, 5.74) is 3.52. The van der Waals surface area contributed by atoms with E-state index in [0.717, 1.165) is 30.6 Å². The number of ether oxygens (including phenoxy) is 1. The summed E-state index contributed by atoms with van der Waals surface area (Å²) >= 11 is 6.29. The third-order valence-electron chi connectivity index (χ3n) is 6.97. The summed E-state index contributed by atoms with van der Waals surface area (Å²) in [4.78, 5) is 18.8. The van der Waals surface area contributed by atoms with Crippen LogP contribution >= 0.6 is 11.6 Å². The molecule has 158 valence electrons. The Morgan fingerprint density at radius 3 is 2.74 bits per heavy atom. The molecule has 2 fully saturated rings. The number of aromatic nitrogens is 2. The molecule has 6 rings (SSSR count). The molecule has 0 bridgehead atoms. The number of amides is 1. The zero-order valence-corrected chi connectivity index (χ0v) is 17.8. The molecule has 0 radical (unpaired) electrons. The summed E-state index contributed by atoms with van der Waals surface area (Å²) in [6.45, 7) is 1.99. The third-order valence-corrected chi connectivity index (χ3v) is 7.20. The summed E-state index contributed by atoms with van der Waals surface area (Å²) in [5.74, 6) is 0.0678. The van der Waals surface area contributed by atoms with Gasteiger partial charge in [-0.05, 0) is 55.3 Å². The number of anilines is 1. The topological polar surface area (TPSA) is 59.4 Å². The molecule has 1 amide bonds. The Balaban J connectivity index is 1.24. The van der Waals surface area contributed by atoms with Gasteiger partial charge in [-0.25, -0.2) is 0 Å². The molecule has 1 N–H and O–H groups in total. The smallest absolute Gasteiger partial charge is 0.253 e. The molecule has 1 aromatic carbocycles. The monoisotopic (exact) mass is 434 g/mol. The molecule has 6 nitrogen and oxygen atoms in total. The number of likely N-dealkylation sites (tertiary alicyclic amines) is 1. The second-order valence-corrected chi connectivity index (χ2v) is 9.24. The number of rotatable bonds is 1. The minimum atomic E-state index is -0.293. The first-order valence-corrected chi connectivity index (χ1v) is 11.0. The van der Waals surface area contributed by atoms with E-state index in [-0.39, 0.29) is 17.0 Å². The maximum Gasteiger partial charge on any atom is 0.253 e. The van der Waals surface area contributed by atoms with E-state index in [1.165, 1.54) is 5.69 Å². The summed E-state index contributed by atoms with van der Waals surface area (Å²) in [6, 6.07) is 13.8. The fourth-order valence-electron chi connectivity index (χ4n) is 5.41. The van der Waals surface area contributed by atoms with Crippen molar-refractivity contribution in [1.82, 2.24) is 14.5 Å². The highest BCUT2D eigenvalue weighted by atomic mass is 35.5. The van der Waals surface area contributed by atoms with E-state index in [1.54, 1.807) is 24.5 Å². The van der Waals surface area contributed by atoms with Gasteiger partial charge in [0.25, 0.3) is 5.91 Å². The Morgan fingerprint density at radius 2 is 1.94 bits per heavy atom. The van der Waals surface area contributed by atoms with Gasteiger partial charge in [-0.3, -0.25) is 9.78 Å². The van der Waals surface area contributed by atoms with E-state index in [1.807, 2.05) is 17.0 Å². The molecule has 5 heterocycles. The molecule has 0 saturated carbocycles. The quantitative estimate of drug-likeness (QED) is 0.622. The van der Waals surface area contributed by atoms with Gasteiger partial charge >= 0.3 is 0 Å². The number of carbonyl (C=O) groups excluding carboxylic acids is 1. The largest absolute Gasteiger partial charge is 0.372 e. The Morgan fingerprint density at radius 1 is 1.13 bits per heavy atom. The van der Waals surface area contributed by atoms with Gasteiger partial charge in [0.1, 0.15) is 5.54 Å². The van der Waals surface area contributed by atoms with E-state index in [0.29, 0.717) is 30.3 Å². The van der Waals surface area contributed by atoms with Crippen LogP contribution in [0.1, 0.15) is 35.3 Å². The number of halogens is 1. The molecule has 3 aliphatic rings. The SMILES string of the molecule is O=C(c1ccncc1)N1CCC2(CC1)C[C@@]1(CO2)Nc2cc(Cl)ccc2-n2cccc21. The van der Waals surface area contributed by atoms with Crippen LogP contribution in [0.25, 0.3) is 5.69 Å². The zero-order valence-electron chi connectivity index (χ0n) is 17.1. The van der Waals surface area contributed by atoms with Gasteiger partial charge in [-0.15, -0.1) is 0 Å². The fourth-order valence-corrected chi connectivity index (χ4v) is 5.58. The number of piperidine rings is 1. The van der Waals surface area contributed by atoms with Crippen molar-refractivity contribution in [2.45, 2.75) is 30.4 Å². The predicted octanol–water partition coefficient (Wildman–Crippen LogP) is 4.24. The van der Waals surface area contributed by atoms with Crippen LogP contribution in [-0.2, 0) is 10.3 Å². The molecule has 7 heteroatoms. The molecule has 2 spiro atoms. The second kappa shape index (κ2) is 6.84. The highest BCUT2D eigenvalue weighted by molar-refractivity contribution is 6.31. The summed E-state index contributed by atoms with van der Waals surface area (Å²) < 4.78 is 8.77. The van der Waals surface area contributed by atoms with Crippen molar-refractivity contribution in [1.29, 1.82) is 0 Å². The lowest BCUT2D eigenvalue weighted by Gasteiger charge is -2.41. The molecule has 0 unspecified atom stereocenters. The van der Waals surface area contributed by atoms with Crippen molar-refractivity contribution in [2.75, 3.05) is 25.0 Å². The van der Waals surface area contributed by atoms with Crippen molar-refractivity contribution in [3.63, 3.8) is 0 Å². The van der Waals surface area contributed by atoms with E-state index in [9.17, 15) is 4.79 Å². The van der Waals surface area contributed by atoms with Crippen molar-refractivity contribution < 1.29 is 9.53 Å². The molecule has 2 saturated heterocycles. The Kier molecular flexibility index (Phi) is 4.17. The highest BCUT2D eigenvalue weighted by Gasteiger charge is 2.54. The molecular formula is C24H23ClN4O2. The van der Waals surface area contributed by atoms with Crippen molar-refractivity contribution in [2.24, 2.45) is 0 Å². The van der Waals surface area contributed by atoms with Crippen LogP contribution < -0.4 is 5.32 Å². The summed E-state index contributed by atoms with van der Waals surface area (Å²) in [5, 5.41) is 4.49. The van der Waals surface area contributed by atoms with Crippen LogP contribution in [0, 0.1) is 0 Å². The van der Waals surface area contributed by atoms with Crippen LogP contribution in [-0.4, -0.2) is 45.7 Å². The minimum Gasteiger partial charge on any atom is -0.372 e. The molecule has 3 aromatic rings. The predicted molar refractivity (Wildman–Crippen MR) is 119 cm³/mol. The maximum absolute atomic E-state index is 12.8. The first kappa shape index (κ1) is 18.9. The number of nitrogens with zero attached hydrogens (tertiary/aromatic N) is 3. The molecule has 1 atom stereocenters. The minimum absolute atomic E-state index is 0.0678. The number of carbonyl (C=O) groups is 1. The van der Waals surface area contributed by atoms with Crippen LogP contribution in [0.2, 0.25) is 5.02 Å². The number of fused-ring (bicyclic) bond motifs is 4. The summed E-state index contributed by atoms with van der Waals surface area (Å²) in [6.07, 6.45) is 7.96. The van der Waals surface area contributed by atoms with Crippen molar-refractivity contribution in [3.8, 4) is 5.69 Å². The van der Waals surface area contributed by atoms with E-state index in [2.05, 4.69) is 39.3 Å². The third kappa shape index (κ3) is 2.97. The number of benzene rings is 1. The van der Waals surface area contributed by atoms with Crippen molar-refractivity contribution >= 4 is 23.2 Å². The first-order valence-electron chi connectivity index (χ1n) is 10.7. The first-order chi connectivity index (χ1) is 15.1. The zero-order chi connectivity index (χ0) is 21.1. The van der Waals surface area contributed by atoms with Gasteiger partial charge in [-0.1, -0.05) is 11.6 Å². The van der Waals surface area contributed by atoms with Crippen LogP contribution in [0.15, 0.2) is 61.1 Å². The van der Waals surface area contributed by atoms with Crippen LogP contribution in [0.4, 0.5) is 5.69 Å². The lowest BCUT2D eigenvalue weighted by atomic mass is 9.79. The average Bonchev–Trinajstić information content (AvgIpc) is 3.42. The van der Waals surface area contributed by atoms with Crippen molar-refractivity contribution in [3.05, 3.63) is 77.3 Å². The lowest BCUT2D eigenvalue weighted by Crippen LogP contribution is -2.48. The van der Waals surface area contributed by atoms with E-state index in [4.69, 9.17) is 16.3 Å². The number of hydrogen-bond donors (Lipinski definition) is 1. The normalized spacial score (nSPS) is 23.5. The molecule has 31 heavy (non-hydrogen) atoms. The van der Waals surface area contributed by atoms with Gasteiger partial charge < -0.3 is 19.5 Å². The second-order valence-electron chi connectivity index (χ2n) is 8.81. The Labute approximate surface area is 185 Å². The number of hydrogen-bond acceptors (Lipinski definition) is 4. The summed E-state index contributed by atoms with van der Waals surface area (Å²) in [7, 11) is 0. The Hall–Kier alpha value is -2.83. The molecule has 2 aromatic heterocycles. The molecular weight excluding hydrogens is 412 g/mol. The highest BCUT2D eigenvalue weighted by Crippen LogP contribution is 2.50. The van der Waals surface area contributed by atoms with Gasteiger partial charge in [0.05, 0.1) is 29.3 Å². The van der Waals surface area contributed by atoms with E-state index >= 15 is 0 Å². The molecule has 3 aliphatic heterocycles. The standard InChI is InChI=1S/C24H23ClN4O2/c25-18-3-4-20-19(14-18)27-24(21-2-1-11-29(20)21)15-23(31-16-24)7-12-28(13-8-23)22(30)17-5-9-26-10-6-17/h1-6,9-11,14,27H,7-8,12-13,15-16H2/t24-/m0/s1. The van der Waals surface area contributed by atoms with Gasteiger partial charge in [0.2, 0.25) is 0 Å². The number of nitrogens with one attached hydrogen (secondary N) is 1. The number of pyridine rings is 1. The van der Waals surface area contributed by atoms with Gasteiger partial charge in [-0.2, -0.15) is 0 Å². The average molecular weight is 435 g/mol. The van der Waals surface area contributed by atoms with Crippen LogP contribution in [0.5, 0.6) is 0 Å². The van der Waals surface area contributed by atoms with Crippen LogP contribution in [0.3, 0.4) is 0 Å². The molecule has 0 aliphatic carbocycles. The lowest BCUT2D eigenvalue weighted by molar-refractivity contribution is -0.0392. The van der Waals surface area contributed by atoms with Gasteiger partial charge in [0.15, 0.2) is 0 Å². The van der Waals surface area contributed by atoms with Gasteiger partial charge in [0, 0.05) is 48.7 Å². The Bertz CT molecular complexity index is 1150. The van der Waals surface area contributed by atoms with E-state index < -0.39 is 0 Å². The maximum atomic E-state index is 12.8.